The zero-order chi connectivity index (χ0) is 31.6. The molecule has 0 saturated heterocycles. The third kappa shape index (κ3) is 8.58. The summed E-state index contributed by atoms with van der Waals surface area (Å²) >= 11 is 0. The van der Waals surface area contributed by atoms with Gasteiger partial charge in [-0.3, -0.25) is 14.6 Å². The van der Waals surface area contributed by atoms with Gasteiger partial charge >= 0.3 is 29.6 Å². The minimum absolute atomic E-state index is 0. The molecule has 0 radical (unpaired) electrons. The Balaban J connectivity index is 0.00000529. The summed E-state index contributed by atoms with van der Waals surface area (Å²) in [5.74, 6) is -1.58. The van der Waals surface area contributed by atoms with E-state index in [1.807, 2.05) is 17.0 Å². The van der Waals surface area contributed by atoms with Crippen molar-refractivity contribution in [3.63, 3.8) is 0 Å². The number of carbonyl (C=O) groups excluding carboxylic acids is 3. The molecular formula is C35H45FN3NaO4. The Morgan fingerprint density at radius 1 is 1.02 bits per heavy atom. The Bertz CT molecular complexity index is 1350. The number of nitrogens with one attached hydrogen (secondary N) is 1. The number of amides is 2. The van der Waals surface area contributed by atoms with E-state index in [4.69, 9.17) is 4.99 Å². The molecule has 1 aliphatic heterocycles. The van der Waals surface area contributed by atoms with Gasteiger partial charge in [0.1, 0.15) is 17.2 Å². The van der Waals surface area contributed by atoms with E-state index in [1.165, 1.54) is 12.1 Å². The molecule has 1 spiro atoms. The average Bonchev–Trinajstić information content (AvgIpc) is 3.19. The van der Waals surface area contributed by atoms with E-state index >= 15 is 0 Å². The quantitative estimate of drug-likeness (QED) is 0.440. The Hall–Kier alpha value is -2.55. The van der Waals surface area contributed by atoms with Crippen molar-refractivity contribution in [2.75, 3.05) is 6.54 Å². The zero-order valence-corrected chi connectivity index (χ0v) is 29.3. The summed E-state index contributed by atoms with van der Waals surface area (Å²) in [5, 5.41) is 13.3. The van der Waals surface area contributed by atoms with Gasteiger partial charge in [0.05, 0.1) is 6.04 Å². The first-order chi connectivity index (χ1) is 20.1. The number of halogens is 1. The van der Waals surface area contributed by atoms with Crippen molar-refractivity contribution in [2.24, 2.45) is 21.7 Å². The summed E-state index contributed by atoms with van der Waals surface area (Å²) in [5.41, 5.74) is 1.79. The van der Waals surface area contributed by atoms with Crippen molar-refractivity contribution in [3.05, 3.63) is 71.0 Å². The van der Waals surface area contributed by atoms with Crippen LogP contribution in [0.15, 0.2) is 53.5 Å². The van der Waals surface area contributed by atoms with E-state index in [9.17, 15) is 23.9 Å². The van der Waals surface area contributed by atoms with Crippen LogP contribution < -0.4 is 40.0 Å². The molecule has 1 fully saturated rings. The van der Waals surface area contributed by atoms with Crippen LogP contribution in [-0.2, 0) is 9.59 Å². The molecule has 0 unspecified atom stereocenters. The number of aliphatic carboxylic acids is 1. The van der Waals surface area contributed by atoms with Crippen LogP contribution in [0.1, 0.15) is 114 Å². The number of rotatable bonds is 9. The van der Waals surface area contributed by atoms with Crippen molar-refractivity contribution in [2.45, 2.75) is 98.2 Å². The van der Waals surface area contributed by atoms with Crippen LogP contribution in [0, 0.1) is 22.6 Å². The minimum Gasteiger partial charge on any atom is -0.550 e. The maximum atomic E-state index is 14.4. The molecule has 4 rings (SSSR count). The molecule has 1 aliphatic carbocycles. The number of hydrogen-bond acceptors (Lipinski definition) is 5. The number of carboxylic acid groups (broad SMARTS) is 1. The maximum absolute atomic E-state index is 14.4. The summed E-state index contributed by atoms with van der Waals surface area (Å²) in [6, 6.07) is 12.9. The molecule has 1 heterocycles. The third-order valence-electron chi connectivity index (χ3n) is 8.97. The van der Waals surface area contributed by atoms with E-state index < -0.39 is 11.6 Å². The van der Waals surface area contributed by atoms with E-state index in [2.05, 4.69) is 46.9 Å². The summed E-state index contributed by atoms with van der Waals surface area (Å²) in [7, 11) is 0. The number of nitrogens with zero attached hydrogens (tertiary/aromatic N) is 2. The van der Waals surface area contributed by atoms with E-state index in [-0.39, 0.29) is 77.0 Å². The van der Waals surface area contributed by atoms with Crippen LogP contribution in [0.4, 0.5) is 4.39 Å². The number of hydrogen-bond donors (Lipinski definition) is 1. The number of aliphatic imine (C=N–C) groups is 1. The molecule has 1 saturated carbocycles. The molecule has 2 aromatic carbocycles. The number of carbonyl (C=O) groups is 3. The predicted octanol–water partition coefficient (Wildman–Crippen LogP) is 2.83. The minimum atomic E-state index is -1.22. The molecule has 1 atom stereocenters. The van der Waals surface area contributed by atoms with E-state index in [0.717, 1.165) is 37.7 Å². The number of benzene rings is 2. The molecule has 7 nitrogen and oxygen atoms in total. The third-order valence-corrected chi connectivity index (χ3v) is 8.97. The zero-order valence-electron chi connectivity index (χ0n) is 27.3. The van der Waals surface area contributed by atoms with Crippen molar-refractivity contribution in [1.29, 1.82) is 0 Å². The van der Waals surface area contributed by atoms with Crippen molar-refractivity contribution in [3.8, 4) is 0 Å². The van der Waals surface area contributed by atoms with Crippen LogP contribution in [-0.4, -0.2) is 40.6 Å². The topological polar surface area (TPSA) is 102 Å². The largest absolute Gasteiger partial charge is 1.00 e. The second-order valence-corrected chi connectivity index (χ2v) is 14.4. The molecular weight excluding hydrogens is 568 g/mol. The fourth-order valence-corrected chi connectivity index (χ4v) is 6.39. The van der Waals surface area contributed by atoms with Crippen LogP contribution in [0.2, 0.25) is 0 Å². The Morgan fingerprint density at radius 2 is 1.61 bits per heavy atom. The Kier molecular flexibility index (Phi) is 11.6. The number of carboxylic acids is 1. The van der Waals surface area contributed by atoms with Gasteiger partial charge in [-0.15, -0.1) is 0 Å². The van der Waals surface area contributed by atoms with Gasteiger partial charge in [0.2, 0.25) is 0 Å². The Morgan fingerprint density at radius 3 is 2.14 bits per heavy atom. The average molecular weight is 614 g/mol. The molecule has 2 aromatic rings. The molecule has 0 aromatic heterocycles. The van der Waals surface area contributed by atoms with Gasteiger partial charge in [-0.2, -0.15) is 0 Å². The summed E-state index contributed by atoms with van der Waals surface area (Å²) < 4.78 is 13.8. The SMILES string of the molecule is CC(C)(C)CC[C@H](c1ccc(C(=O)NCCC(=O)[O-])cc1)N1C(=O)C(c2ccc(F)cc2)=NC12CCC(C(C)(C)C)CC2.[Na+]. The molecule has 1 N–H and O–H groups in total. The second-order valence-electron chi connectivity index (χ2n) is 14.4. The first-order valence-corrected chi connectivity index (χ1v) is 15.4. The van der Waals surface area contributed by atoms with Crippen molar-refractivity contribution < 1.29 is 53.4 Å². The van der Waals surface area contributed by atoms with Crippen molar-refractivity contribution >= 4 is 23.5 Å². The molecule has 2 amide bonds. The monoisotopic (exact) mass is 613 g/mol. The summed E-state index contributed by atoms with van der Waals surface area (Å²) in [6.45, 7) is 13.3. The molecule has 2 aliphatic rings. The van der Waals surface area contributed by atoms with Gasteiger partial charge in [-0.25, -0.2) is 4.39 Å². The van der Waals surface area contributed by atoms with Crippen LogP contribution in [0.5, 0.6) is 0 Å². The predicted molar refractivity (Wildman–Crippen MR) is 164 cm³/mol. The first-order valence-electron chi connectivity index (χ1n) is 15.4. The molecule has 9 heteroatoms. The van der Waals surface area contributed by atoms with E-state index in [1.54, 1.807) is 24.3 Å². The second kappa shape index (κ2) is 14.3. The van der Waals surface area contributed by atoms with Gasteiger partial charge < -0.3 is 20.1 Å². The normalized spacial score (nSPS) is 21.1. The smallest absolute Gasteiger partial charge is 0.550 e. The maximum Gasteiger partial charge on any atom is 1.00 e. The summed E-state index contributed by atoms with van der Waals surface area (Å²) in [6.07, 6.45) is 4.70. The molecule has 232 valence electrons. The van der Waals surface area contributed by atoms with Gasteiger partial charge in [0, 0.05) is 30.1 Å². The van der Waals surface area contributed by atoms with Gasteiger partial charge in [-0.1, -0.05) is 53.7 Å². The summed E-state index contributed by atoms with van der Waals surface area (Å²) in [4.78, 5) is 44.9. The molecule has 0 bridgehead atoms. The van der Waals surface area contributed by atoms with Crippen LogP contribution in [0.25, 0.3) is 0 Å². The standard InChI is InChI=1S/C35H46FN3O4.Na/c1-33(2,3)19-17-28(23-7-9-25(10-8-23)31(42)37-22-18-29(40)41)39-32(43)30(24-11-13-27(36)14-12-24)38-35(39)20-15-26(16-21-35)34(4,5)6;/h7-14,26,28H,15-22H2,1-6H3,(H,37,42)(H,40,41);/q;+1/p-1/t26?,28-,35?;/m1./s1. The van der Waals surface area contributed by atoms with Crippen molar-refractivity contribution in [1.82, 2.24) is 10.2 Å². The van der Waals surface area contributed by atoms with E-state index in [0.29, 0.717) is 29.2 Å². The molecule has 44 heavy (non-hydrogen) atoms. The Labute approximate surface area is 283 Å². The fourth-order valence-electron chi connectivity index (χ4n) is 6.39. The van der Waals surface area contributed by atoms with Crippen LogP contribution >= 0.6 is 0 Å². The first kappa shape index (κ1) is 35.9. The van der Waals surface area contributed by atoms with Gasteiger partial charge in [0.15, 0.2) is 0 Å². The van der Waals surface area contributed by atoms with Crippen LogP contribution in [0.3, 0.4) is 0 Å². The fraction of sp³-hybridized carbons (Fsp3) is 0.543. The van der Waals surface area contributed by atoms with Gasteiger partial charge in [-0.05, 0) is 97.2 Å². The van der Waals surface area contributed by atoms with Gasteiger partial charge in [0.25, 0.3) is 11.8 Å².